The summed E-state index contributed by atoms with van der Waals surface area (Å²) in [4.78, 5) is 28.9. The lowest BCUT2D eigenvalue weighted by atomic mass is 9.97. The highest BCUT2D eigenvalue weighted by Crippen LogP contribution is 2.36. The van der Waals surface area contributed by atoms with Gasteiger partial charge < -0.3 is 20.9 Å². The zero-order valence-corrected chi connectivity index (χ0v) is 22.5. The predicted molar refractivity (Wildman–Crippen MR) is 156 cm³/mol. The van der Waals surface area contributed by atoms with Crippen molar-refractivity contribution in [2.24, 2.45) is 5.73 Å². The SMILES string of the molecule is CC(C#N)NC(=O)c1cccc(-c2cc(-c3ccc(N4CCN(C)CC4)c(-c4ccc(C(N)=O)cc4)c3)[nH]n2)c1. The van der Waals surface area contributed by atoms with Crippen molar-refractivity contribution in [2.75, 3.05) is 38.1 Å². The number of benzene rings is 3. The Kier molecular flexibility index (Phi) is 7.62. The molecule has 1 unspecified atom stereocenters. The number of hydrogen-bond acceptors (Lipinski definition) is 6. The number of nitrogens with one attached hydrogen (secondary N) is 2. The van der Waals surface area contributed by atoms with E-state index in [1.54, 1.807) is 37.3 Å². The smallest absolute Gasteiger partial charge is 0.252 e. The van der Waals surface area contributed by atoms with Crippen LogP contribution in [0.15, 0.2) is 72.8 Å². The first kappa shape index (κ1) is 26.7. The van der Waals surface area contributed by atoms with E-state index >= 15 is 0 Å². The maximum absolute atomic E-state index is 12.5. The number of likely N-dealkylation sites (N-methyl/N-ethyl adjacent to an activating group) is 1. The molecule has 0 saturated carbocycles. The molecule has 40 heavy (non-hydrogen) atoms. The molecular weight excluding hydrogens is 502 g/mol. The number of hydrogen-bond donors (Lipinski definition) is 3. The molecule has 202 valence electrons. The Hall–Kier alpha value is -4.94. The van der Waals surface area contributed by atoms with Gasteiger partial charge in [0.25, 0.3) is 5.91 Å². The van der Waals surface area contributed by atoms with Gasteiger partial charge in [0, 0.05) is 59.7 Å². The zero-order chi connectivity index (χ0) is 28.2. The summed E-state index contributed by atoms with van der Waals surface area (Å²) >= 11 is 0. The van der Waals surface area contributed by atoms with Crippen LogP contribution in [0.5, 0.6) is 0 Å². The Labute approximate surface area is 233 Å². The quantitative estimate of drug-likeness (QED) is 0.330. The maximum Gasteiger partial charge on any atom is 0.252 e. The molecule has 5 rings (SSSR count). The first-order valence-corrected chi connectivity index (χ1v) is 13.2. The minimum atomic E-state index is -0.580. The molecule has 0 spiro atoms. The highest BCUT2D eigenvalue weighted by Gasteiger charge is 2.19. The molecule has 1 fully saturated rings. The molecule has 0 bridgehead atoms. The third-order valence-electron chi connectivity index (χ3n) is 7.17. The van der Waals surface area contributed by atoms with Gasteiger partial charge in [0.1, 0.15) is 6.04 Å². The Morgan fingerprint density at radius 2 is 1.68 bits per heavy atom. The second kappa shape index (κ2) is 11.4. The topological polar surface area (TPSA) is 131 Å². The molecular formula is C31H31N7O2. The molecule has 0 aliphatic carbocycles. The summed E-state index contributed by atoms with van der Waals surface area (Å²) in [5.41, 5.74) is 12.9. The molecule has 9 nitrogen and oxygen atoms in total. The summed E-state index contributed by atoms with van der Waals surface area (Å²) in [6, 6.07) is 24.3. The number of anilines is 1. The number of primary amides is 1. The highest BCUT2D eigenvalue weighted by molar-refractivity contribution is 5.96. The number of nitrogens with zero attached hydrogens (tertiary/aromatic N) is 4. The van der Waals surface area contributed by atoms with E-state index in [1.807, 2.05) is 30.3 Å². The fourth-order valence-corrected chi connectivity index (χ4v) is 4.82. The fourth-order valence-electron chi connectivity index (χ4n) is 4.82. The lowest BCUT2D eigenvalue weighted by Crippen LogP contribution is -2.44. The van der Waals surface area contributed by atoms with E-state index in [0.717, 1.165) is 59.8 Å². The predicted octanol–water partition coefficient (Wildman–Crippen LogP) is 3.90. The molecule has 0 radical (unpaired) electrons. The summed E-state index contributed by atoms with van der Waals surface area (Å²) in [5, 5.41) is 19.3. The van der Waals surface area contributed by atoms with E-state index in [9.17, 15) is 9.59 Å². The van der Waals surface area contributed by atoms with Gasteiger partial charge in [-0.05, 0) is 62.0 Å². The van der Waals surface area contributed by atoms with Gasteiger partial charge in [-0.1, -0.05) is 30.3 Å². The number of rotatable bonds is 7. The second-order valence-corrected chi connectivity index (χ2v) is 10.0. The summed E-state index contributed by atoms with van der Waals surface area (Å²) in [7, 11) is 2.13. The molecule has 1 saturated heterocycles. The Morgan fingerprint density at radius 3 is 2.38 bits per heavy atom. The number of amides is 2. The third-order valence-corrected chi connectivity index (χ3v) is 7.17. The number of carbonyl (C=O) groups is 2. The van der Waals surface area contributed by atoms with Crippen molar-refractivity contribution in [3.8, 4) is 39.7 Å². The maximum atomic E-state index is 12.5. The second-order valence-electron chi connectivity index (χ2n) is 10.0. The summed E-state index contributed by atoms with van der Waals surface area (Å²) in [5.74, 6) is -0.760. The molecule has 2 heterocycles. The number of aromatic amines is 1. The number of nitriles is 1. The normalized spacial score (nSPS) is 14.4. The highest BCUT2D eigenvalue weighted by atomic mass is 16.2. The van der Waals surface area contributed by atoms with Gasteiger partial charge in [-0.2, -0.15) is 10.4 Å². The van der Waals surface area contributed by atoms with Gasteiger partial charge >= 0.3 is 0 Å². The van der Waals surface area contributed by atoms with Crippen LogP contribution in [-0.4, -0.2) is 66.2 Å². The van der Waals surface area contributed by atoms with Gasteiger partial charge in [-0.25, -0.2) is 0 Å². The largest absolute Gasteiger partial charge is 0.368 e. The van der Waals surface area contributed by atoms with Crippen LogP contribution in [0, 0.1) is 11.3 Å². The number of H-pyrrole nitrogens is 1. The Bertz CT molecular complexity index is 1580. The molecule has 4 aromatic rings. The molecule has 1 aliphatic rings. The minimum Gasteiger partial charge on any atom is -0.368 e. The minimum absolute atomic E-state index is 0.307. The van der Waals surface area contributed by atoms with Crippen LogP contribution < -0.4 is 16.0 Å². The standard InChI is InChI=1S/C31H31N7O2/c1-20(19-32)34-31(40)25-5-3-4-23(16-25)27-18-28(36-35-27)24-10-11-29(38-14-12-37(2)13-15-38)26(17-24)21-6-8-22(9-7-21)30(33)39/h3-11,16-18,20H,12-15H2,1-2H3,(H2,33,39)(H,34,40)(H,35,36). The van der Waals surface area contributed by atoms with E-state index in [1.165, 1.54) is 0 Å². The van der Waals surface area contributed by atoms with Crippen molar-refractivity contribution >= 4 is 17.5 Å². The Balaban J connectivity index is 1.48. The monoisotopic (exact) mass is 533 g/mol. The number of aromatic nitrogens is 2. The number of nitrogens with two attached hydrogens (primary N) is 1. The molecule has 4 N–H and O–H groups in total. The fraction of sp³-hybridized carbons (Fsp3) is 0.226. The van der Waals surface area contributed by atoms with Gasteiger partial charge in [0.15, 0.2) is 0 Å². The van der Waals surface area contributed by atoms with Gasteiger partial charge in [0.2, 0.25) is 5.91 Å². The van der Waals surface area contributed by atoms with Crippen molar-refractivity contribution in [1.29, 1.82) is 5.26 Å². The van der Waals surface area contributed by atoms with E-state index in [4.69, 9.17) is 11.0 Å². The third kappa shape index (κ3) is 5.72. The van der Waals surface area contributed by atoms with Crippen molar-refractivity contribution in [3.63, 3.8) is 0 Å². The van der Waals surface area contributed by atoms with E-state index in [-0.39, 0.29) is 5.91 Å². The van der Waals surface area contributed by atoms with Crippen LogP contribution in [0.2, 0.25) is 0 Å². The van der Waals surface area contributed by atoms with Crippen LogP contribution in [-0.2, 0) is 0 Å². The lowest BCUT2D eigenvalue weighted by molar-refractivity contribution is 0.0946. The molecule has 9 heteroatoms. The number of carbonyl (C=O) groups excluding carboxylic acids is 2. The summed E-state index contributed by atoms with van der Waals surface area (Å²) < 4.78 is 0. The number of piperazine rings is 1. The van der Waals surface area contributed by atoms with Crippen LogP contribution in [0.1, 0.15) is 27.6 Å². The zero-order valence-electron chi connectivity index (χ0n) is 22.5. The van der Waals surface area contributed by atoms with E-state index in [0.29, 0.717) is 16.8 Å². The molecule has 2 amide bonds. The Morgan fingerprint density at radius 1 is 0.950 bits per heavy atom. The lowest BCUT2D eigenvalue weighted by Gasteiger charge is -2.35. The van der Waals surface area contributed by atoms with Crippen LogP contribution in [0.3, 0.4) is 0 Å². The summed E-state index contributed by atoms with van der Waals surface area (Å²) in [6.07, 6.45) is 0. The van der Waals surface area contributed by atoms with Crippen molar-refractivity contribution in [1.82, 2.24) is 20.4 Å². The van der Waals surface area contributed by atoms with E-state index in [2.05, 4.69) is 50.6 Å². The average molecular weight is 534 g/mol. The van der Waals surface area contributed by atoms with E-state index < -0.39 is 11.9 Å². The molecule has 1 aromatic heterocycles. The molecule has 1 atom stereocenters. The first-order chi connectivity index (χ1) is 19.3. The van der Waals surface area contributed by atoms with Crippen molar-refractivity contribution in [3.05, 3.63) is 83.9 Å². The molecule has 1 aliphatic heterocycles. The summed E-state index contributed by atoms with van der Waals surface area (Å²) in [6.45, 7) is 5.45. The van der Waals surface area contributed by atoms with Crippen molar-refractivity contribution in [2.45, 2.75) is 13.0 Å². The molecule has 3 aromatic carbocycles. The van der Waals surface area contributed by atoms with Crippen LogP contribution in [0.4, 0.5) is 5.69 Å². The first-order valence-electron chi connectivity index (χ1n) is 13.2. The van der Waals surface area contributed by atoms with Crippen molar-refractivity contribution < 1.29 is 9.59 Å². The van der Waals surface area contributed by atoms with Crippen LogP contribution >= 0.6 is 0 Å². The van der Waals surface area contributed by atoms with Crippen LogP contribution in [0.25, 0.3) is 33.6 Å². The van der Waals surface area contributed by atoms with Gasteiger partial charge in [-0.15, -0.1) is 0 Å². The van der Waals surface area contributed by atoms with Gasteiger partial charge in [-0.3, -0.25) is 14.7 Å². The van der Waals surface area contributed by atoms with Gasteiger partial charge in [0.05, 0.1) is 17.5 Å². The average Bonchev–Trinajstić information content (AvgIpc) is 3.48.